The zero-order valence-corrected chi connectivity index (χ0v) is 19.2. The van der Waals surface area contributed by atoms with Gasteiger partial charge >= 0.3 is 0 Å². The van der Waals surface area contributed by atoms with Crippen molar-refractivity contribution >= 4 is 17.1 Å². The minimum atomic E-state index is -0.985. The molecule has 0 N–H and O–H groups in total. The molecule has 2 aliphatic heterocycles. The number of allylic oxidation sites excluding steroid dienone is 5. The van der Waals surface area contributed by atoms with E-state index >= 15 is 0 Å². The van der Waals surface area contributed by atoms with Crippen LogP contribution in [0.3, 0.4) is 0 Å². The van der Waals surface area contributed by atoms with E-state index in [1.807, 2.05) is 44.2 Å². The van der Waals surface area contributed by atoms with Crippen LogP contribution in [0.4, 0.5) is 0 Å². The molecule has 162 valence electrons. The number of carbonyl (C=O) groups excluding carboxylic acids is 2. The summed E-state index contributed by atoms with van der Waals surface area (Å²) in [5, 5.41) is 0. The maximum absolute atomic E-state index is 13.4. The van der Waals surface area contributed by atoms with Gasteiger partial charge in [0.15, 0.2) is 11.4 Å². The Balaban J connectivity index is 1.89. The largest absolute Gasteiger partial charge is 0.497 e. The Kier molecular flexibility index (Phi) is 5.07. The Hall–Kier alpha value is -2.88. The highest BCUT2D eigenvalue weighted by Crippen LogP contribution is 2.51. The number of hydrogen-bond acceptors (Lipinski definition) is 4. The SMILES string of the molecule is COc1ccc(/C2=C\C(=O)/C(C)=C\C3=C[C@H](C)C[C@@]34OC(=C(C)C4=O)CC2(C)C)cc1. The van der Waals surface area contributed by atoms with Gasteiger partial charge in [-0.3, -0.25) is 9.59 Å². The standard InChI is InChI=1S/C27H30O4/c1-16-11-20-12-17(2)23(28)13-22(19-7-9-21(30-6)10-8-19)26(4,5)15-24-18(3)25(29)27(20,14-16)31-24/h7-13,16H,14-15H2,1-6H3/b17-12-,22-13+/t16-,27+/m0/s1. The van der Waals surface area contributed by atoms with Crippen molar-refractivity contribution in [3.8, 4) is 5.75 Å². The number of ketones is 2. The molecule has 0 saturated heterocycles. The second-order valence-electron chi connectivity index (χ2n) is 9.65. The van der Waals surface area contributed by atoms with Gasteiger partial charge in [-0.25, -0.2) is 0 Å². The van der Waals surface area contributed by atoms with Crippen molar-refractivity contribution in [2.24, 2.45) is 11.3 Å². The predicted octanol–water partition coefficient (Wildman–Crippen LogP) is 5.60. The molecule has 2 heterocycles. The minimum absolute atomic E-state index is 0.0287. The summed E-state index contributed by atoms with van der Waals surface area (Å²) in [7, 11) is 1.63. The molecule has 0 amide bonds. The maximum atomic E-state index is 13.4. The number of ether oxygens (including phenoxy) is 2. The van der Waals surface area contributed by atoms with Gasteiger partial charge in [-0.15, -0.1) is 0 Å². The van der Waals surface area contributed by atoms with Crippen molar-refractivity contribution in [3.63, 3.8) is 0 Å². The average Bonchev–Trinajstić information content (AvgIpc) is 3.15. The van der Waals surface area contributed by atoms with E-state index in [9.17, 15) is 9.59 Å². The molecular weight excluding hydrogens is 388 g/mol. The Morgan fingerprint density at radius 2 is 1.74 bits per heavy atom. The molecule has 31 heavy (non-hydrogen) atoms. The Labute approximate surface area is 184 Å². The quantitative estimate of drug-likeness (QED) is 0.627. The number of hydrogen-bond donors (Lipinski definition) is 0. The second-order valence-corrected chi connectivity index (χ2v) is 9.65. The lowest BCUT2D eigenvalue weighted by Crippen LogP contribution is -2.37. The summed E-state index contributed by atoms with van der Waals surface area (Å²) in [6.45, 7) is 9.96. The first-order valence-corrected chi connectivity index (χ1v) is 10.8. The Morgan fingerprint density at radius 3 is 2.39 bits per heavy atom. The molecule has 2 atom stereocenters. The molecule has 0 saturated carbocycles. The number of Topliss-reactive ketones (excluding diaryl/α,β-unsaturated/α-hetero) is 1. The Bertz CT molecular complexity index is 1080. The molecule has 0 unspecified atom stereocenters. The number of carbonyl (C=O) groups is 2. The smallest absolute Gasteiger partial charge is 0.210 e. The van der Waals surface area contributed by atoms with Gasteiger partial charge in [-0.2, -0.15) is 0 Å². The molecule has 3 aliphatic rings. The molecule has 0 radical (unpaired) electrons. The summed E-state index contributed by atoms with van der Waals surface area (Å²) >= 11 is 0. The first-order valence-electron chi connectivity index (χ1n) is 10.8. The normalized spacial score (nSPS) is 31.0. The summed E-state index contributed by atoms with van der Waals surface area (Å²) in [6, 6.07) is 7.74. The van der Waals surface area contributed by atoms with Crippen molar-refractivity contribution in [2.45, 2.75) is 53.1 Å². The topological polar surface area (TPSA) is 52.6 Å². The summed E-state index contributed by atoms with van der Waals surface area (Å²) < 4.78 is 11.8. The van der Waals surface area contributed by atoms with Crippen molar-refractivity contribution in [1.82, 2.24) is 0 Å². The summed E-state index contributed by atoms with van der Waals surface area (Å²) in [5.41, 5.74) is 2.57. The van der Waals surface area contributed by atoms with Gasteiger partial charge in [0, 0.05) is 18.4 Å². The minimum Gasteiger partial charge on any atom is -0.497 e. The van der Waals surface area contributed by atoms with Crippen LogP contribution in [0.5, 0.6) is 5.75 Å². The van der Waals surface area contributed by atoms with Crippen LogP contribution in [0.2, 0.25) is 0 Å². The van der Waals surface area contributed by atoms with Gasteiger partial charge in [-0.1, -0.05) is 39.0 Å². The van der Waals surface area contributed by atoms with Crippen LogP contribution in [0.1, 0.15) is 53.0 Å². The highest BCUT2D eigenvalue weighted by molar-refractivity contribution is 6.10. The lowest BCUT2D eigenvalue weighted by molar-refractivity contribution is -0.127. The van der Waals surface area contributed by atoms with E-state index in [2.05, 4.69) is 26.8 Å². The monoisotopic (exact) mass is 418 g/mol. The summed E-state index contributed by atoms with van der Waals surface area (Å²) in [6.07, 6.45) is 6.82. The lowest BCUT2D eigenvalue weighted by atomic mass is 9.75. The van der Waals surface area contributed by atoms with Crippen LogP contribution in [-0.4, -0.2) is 24.3 Å². The third-order valence-corrected chi connectivity index (χ3v) is 6.73. The zero-order chi connectivity index (χ0) is 22.6. The fraction of sp³-hybridized carbons (Fsp3) is 0.407. The van der Waals surface area contributed by atoms with Gasteiger partial charge in [0.2, 0.25) is 5.78 Å². The van der Waals surface area contributed by atoms with Gasteiger partial charge in [0.05, 0.1) is 7.11 Å². The molecule has 2 bridgehead atoms. The molecule has 1 aromatic carbocycles. The van der Waals surface area contributed by atoms with Gasteiger partial charge < -0.3 is 9.47 Å². The number of fused-ring (bicyclic) bond motifs is 1. The fourth-order valence-corrected chi connectivity index (χ4v) is 4.98. The molecule has 1 spiro atoms. The van der Waals surface area contributed by atoms with E-state index in [-0.39, 0.29) is 17.5 Å². The molecule has 0 fully saturated rings. The molecule has 4 nitrogen and oxygen atoms in total. The average molecular weight is 419 g/mol. The Morgan fingerprint density at radius 1 is 1.06 bits per heavy atom. The van der Waals surface area contributed by atoms with Crippen LogP contribution in [0.25, 0.3) is 5.57 Å². The number of benzene rings is 1. The van der Waals surface area contributed by atoms with Crippen LogP contribution in [-0.2, 0) is 14.3 Å². The molecule has 1 aromatic rings. The van der Waals surface area contributed by atoms with E-state index in [0.29, 0.717) is 24.0 Å². The maximum Gasteiger partial charge on any atom is 0.210 e. The van der Waals surface area contributed by atoms with E-state index in [1.54, 1.807) is 13.2 Å². The second kappa shape index (κ2) is 7.37. The molecule has 1 aliphatic carbocycles. The van der Waals surface area contributed by atoms with Gasteiger partial charge in [-0.05, 0) is 71.7 Å². The van der Waals surface area contributed by atoms with Crippen LogP contribution < -0.4 is 4.74 Å². The molecular formula is C27H30O4. The van der Waals surface area contributed by atoms with Gasteiger partial charge in [0.1, 0.15) is 11.5 Å². The molecule has 0 aromatic heterocycles. The molecule has 4 heteroatoms. The highest BCUT2D eigenvalue weighted by atomic mass is 16.5. The zero-order valence-electron chi connectivity index (χ0n) is 19.2. The fourth-order valence-electron chi connectivity index (χ4n) is 4.98. The predicted molar refractivity (Wildman–Crippen MR) is 122 cm³/mol. The third-order valence-electron chi connectivity index (χ3n) is 6.73. The van der Waals surface area contributed by atoms with Crippen LogP contribution >= 0.6 is 0 Å². The first kappa shape index (κ1) is 21.4. The van der Waals surface area contributed by atoms with Crippen molar-refractivity contribution < 1.29 is 19.1 Å². The summed E-state index contributed by atoms with van der Waals surface area (Å²) in [5.74, 6) is 1.69. The third kappa shape index (κ3) is 3.48. The van der Waals surface area contributed by atoms with Crippen molar-refractivity contribution in [2.75, 3.05) is 7.11 Å². The van der Waals surface area contributed by atoms with E-state index in [4.69, 9.17) is 9.47 Å². The summed E-state index contributed by atoms with van der Waals surface area (Å²) in [4.78, 5) is 26.6. The van der Waals surface area contributed by atoms with Crippen LogP contribution in [0.15, 0.2) is 65.0 Å². The van der Waals surface area contributed by atoms with E-state index in [0.717, 1.165) is 28.2 Å². The highest BCUT2D eigenvalue weighted by Gasteiger charge is 2.54. The van der Waals surface area contributed by atoms with Crippen LogP contribution in [0, 0.1) is 11.3 Å². The lowest BCUT2D eigenvalue weighted by Gasteiger charge is -2.31. The first-order chi connectivity index (χ1) is 14.6. The van der Waals surface area contributed by atoms with E-state index < -0.39 is 11.0 Å². The number of methoxy groups -OCH3 is 1. The van der Waals surface area contributed by atoms with Gasteiger partial charge in [0.25, 0.3) is 0 Å². The number of rotatable bonds is 2. The van der Waals surface area contributed by atoms with Crippen molar-refractivity contribution in [1.29, 1.82) is 0 Å². The van der Waals surface area contributed by atoms with Crippen molar-refractivity contribution in [3.05, 3.63) is 70.5 Å². The van der Waals surface area contributed by atoms with E-state index in [1.165, 1.54) is 0 Å². The molecule has 4 rings (SSSR count).